The number of carbonyl (C=O) groups excluding carboxylic acids is 1. The van der Waals surface area contributed by atoms with E-state index in [0.29, 0.717) is 16.7 Å². The highest BCUT2D eigenvalue weighted by atomic mass is 35.5. The van der Waals surface area contributed by atoms with Gasteiger partial charge in [0, 0.05) is 11.6 Å². The number of hydrogen-bond donors (Lipinski definition) is 1. The first-order valence-corrected chi connectivity index (χ1v) is 8.86. The Bertz CT molecular complexity index is 969. The van der Waals surface area contributed by atoms with Crippen LogP contribution in [0.25, 0.3) is 0 Å². The first kappa shape index (κ1) is 20.2. The molecule has 0 bridgehead atoms. The Balaban J connectivity index is 1.90. The fraction of sp³-hybridized carbons (Fsp3) is 0.300. The minimum atomic E-state index is -4.80. The normalized spacial score (nSPS) is 17.2. The number of hydrogen-bond acceptors (Lipinski definition) is 3. The molecule has 0 radical (unpaired) electrons. The minimum Gasteiger partial charge on any atom is -0.379 e. The lowest BCUT2D eigenvalue weighted by atomic mass is 9.97. The Morgan fingerprint density at radius 1 is 1.36 bits per heavy atom. The summed E-state index contributed by atoms with van der Waals surface area (Å²) in [5.74, 6) is -0.360. The second-order valence-electron chi connectivity index (χ2n) is 6.61. The average Bonchev–Trinajstić information content (AvgIpc) is 2.99. The summed E-state index contributed by atoms with van der Waals surface area (Å²) in [5.41, 5.74) is 1.28. The van der Waals surface area contributed by atoms with Crippen LogP contribution in [-0.4, -0.2) is 22.1 Å². The molecule has 0 aliphatic carbocycles. The van der Waals surface area contributed by atoms with Gasteiger partial charge in [-0.25, -0.2) is 0 Å². The zero-order chi connectivity index (χ0) is 20.6. The van der Waals surface area contributed by atoms with Crippen LogP contribution in [-0.2, 0) is 17.8 Å². The largest absolute Gasteiger partial charge is 0.418 e. The van der Waals surface area contributed by atoms with Crippen molar-refractivity contribution in [2.75, 3.05) is 0 Å². The number of amides is 1. The summed E-state index contributed by atoms with van der Waals surface area (Å²) in [6.07, 6.45) is -7.55. The van der Waals surface area contributed by atoms with Gasteiger partial charge in [0.15, 0.2) is 6.10 Å². The molecule has 0 spiro atoms. The average molecular weight is 409 g/mol. The van der Waals surface area contributed by atoms with Gasteiger partial charge in [0.2, 0.25) is 5.91 Å². The van der Waals surface area contributed by atoms with Crippen molar-refractivity contribution >= 4 is 17.5 Å². The molecule has 1 unspecified atom stereocenters. The SMILES string of the molecule is C[C@H]1c2cccc(C(O)C(F)(F)F)c2CN1C(=O)Cc1c(Cl)cccc1C#N. The van der Waals surface area contributed by atoms with E-state index in [4.69, 9.17) is 11.6 Å². The Hall–Kier alpha value is -2.56. The smallest absolute Gasteiger partial charge is 0.379 e. The summed E-state index contributed by atoms with van der Waals surface area (Å²) < 4.78 is 39.0. The van der Waals surface area contributed by atoms with Crippen molar-refractivity contribution in [3.63, 3.8) is 0 Å². The van der Waals surface area contributed by atoms with Crippen molar-refractivity contribution in [2.24, 2.45) is 0 Å². The molecule has 0 saturated heterocycles. The highest BCUT2D eigenvalue weighted by molar-refractivity contribution is 6.31. The summed E-state index contributed by atoms with van der Waals surface area (Å²) in [6, 6.07) is 10.6. The van der Waals surface area contributed by atoms with Crippen LogP contribution in [0.3, 0.4) is 0 Å². The zero-order valence-corrected chi connectivity index (χ0v) is 15.6. The van der Waals surface area contributed by atoms with Crippen LogP contribution in [0.2, 0.25) is 5.02 Å². The van der Waals surface area contributed by atoms with Gasteiger partial charge in [0.1, 0.15) is 0 Å². The van der Waals surface area contributed by atoms with E-state index >= 15 is 0 Å². The molecular formula is C20H16ClF3N2O2. The van der Waals surface area contributed by atoms with Crippen molar-refractivity contribution in [2.45, 2.75) is 38.2 Å². The number of benzene rings is 2. The van der Waals surface area contributed by atoms with Gasteiger partial charge in [-0.05, 0) is 41.3 Å². The molecule has 2 aromatic carbocycles. The van der Waals surface area contributed by atoms with Gasteiger partial charge in [0.05, 0.1) is 24.1 Å². The number of alkyl halides is 3. The van der Waals surface area contributed by atoms with Gasteiger partial charge in [-0.3, -0.25) is 4.79 Å². The molecule has 1 aliphatic heterocycles. The van der Waals surface area contributed by atoms with Gasteiger partial charge in [0.25, 0.3) is 0 Å². The van der Waals surface area contributed by atoms with Crippen LogP contribution in [0.1, 0.15) is 46.9 Å². The second kappa shape index (κ2) is 7.46. The molecule has 1 amide bonds. The maximum Gasteiger partial charge on any atom is 0.418 e. The quantitative estimate of drug-likeness (QED) is 0.815. The lowest BCUT2D eigenvalue weighted by molar-refractivity contribution is -0.207. The van der Waals surface area contributed by atoms with E-state index in [1.54, 1.807) is 31.2 Å². The number of fused-ring (bicyclic) bond motifs is 1. The predicted octanol–water partition coefficient (Wildman–Crippen LogP) is 4.45. The summed E-state index contributed by atoms with van der Waals surface area (Å²) in [7, 11) is 0. The van der Waals surface area contributed by atoms with E-state index in [1.807, 2.05) is 6.07 Å². The molecule has 1 N–H and O–H groups in total. The number of rotatable bonds is 3. The zero-order valence-electron chi connectivity index (χ0n) is 14.8. The highest BCUT2D eigenvalue weighted by Gasteiger charge is 2.43. The van der Waals surface area contributed by atoms with Gasteiger partial charge in [-0.1, -0.05) is 35.9 Å². The summed E-state index contributed by atoms with van der Waals surface area (Å²) >= 11 is 6.12. The maximum atomic E-state index is 13.0. The second-order valence-corrected chi connectivity index (χ2v) is 7.02. The molecule has 1 aliphatic rings. The van der Waals surface area contributed by atoms with Crippen molar-refractivity contribution in [1.82, 2.24) is 4.90 Å². The molecule has 28 heavy (non-hydrogen) atoms. The Morgan fingerprint density at radius 2 is 2.04 bits per heavy atom. The van der Waals surface area contributed by atoms with E-state index in [-0.39, 0.29) is 35.0 Å². The Kier molecular flexibility index (Phi) is 5.37. The van der Waals surface area contributed by atoms with Crippen molar-refractivity contribution in [3.8, 4) is 6.07 Å². The van der Waals surface area contributed by atoms with Crippen LogP contribution in [0.5, 0.6) is 0 Å². The molecule has 3 rings (SSSR count). The molecule has 4 nitrogen and oxygen atoms in total. The minimum absolute atomic E-state index is 0.0506. The summed E-state index contributed by atoms with van der Waals surface area (Å²) in [6.45, 7) is 1.66. The van der Waals surface area contributed by atoms with E-state index in [1.165, 1.54) is 17.0 Å². The maximum absolute atomic E-state index is 13.0. The molecule has 2 aromatic rings. The monoisotopic (exact) mass is 408 g/mol. The van der Waals surface area contributed by atoms with E-state index in [0.717, 1.165) is 0 Å². The van der Waals surface area contributed by atoms with Gasteiger partial charge >= 0.3 is 6.18 Å². The Morgan fingerprint density at radius 3 is 2.68 bits per heavy atom. The topological polar surface area (TPSA) is 64.3 Å². The molecule has 1 heterocycles. The molecule has 0 aromatic heterocycles. The fourth-order valence-corrected chi connectivity index (χ4v) is 3.75. The van der Waals surface area contributed by atoms with Gasteiger partial charge in [-0.2, -0.15) is 18.4 Å². The standard InChI is InChI=1S/C20H16ClF3N2O2/c1-11-13-5-3-6-14(19(28)20(22,23)24)16(13)10-26(11)18(27)8-15-12(9-25)4-2-7-17(15)21/h2-7,11,19,28H,8,10H2,1H3/t11-,19?/m0/s1. The summed E-state index contributed by atoms with van der Waals surface area (Å²) in [5, 5.41) is 19.2. The van der Waals surface area contributed by atoms with Crippen molar-refractivity contribution < 1.29 is 23.1 Å². The molecule has 0 saturated carbocycles. The molecule has 146 valence electrons. The Labute approximate surface area is 164 Å². The number of nitriles is 1. The number of nitrogens with zero attached hydrogens (tertiary/aromatic N) is 2. The van der Waals surface area contributed by atoms with Gasteiger partial charge < -0.3 is 10.0 Å². The van der Waals surface area contributed by atoms with E-state index < -0.39 is 18.3 Å². The first-order valence-electron chi connectivity index (χ1n) is 8.48. The first-order chi connectivity index (χ1) is 13.1. The van der Waals surface area contributed by atoms with E-state index in [2.05, 4.69) is 0 Å². The number of aliphatic hydroxyl groups is 1. The third-order valence-corrected chi connectivity index (χ3v) is 5.34. The summed E-state index contributed by atoms with van der Waals surface area (Å²) in [4.78, 5) is 14.3. The third kappa shape index (κ3) is 3.58. The molecular weight excluding hydrogens is 393 g/mol. The molecule has 2 atom stereocenters. The lowest BCUT2D eigenvalue weighted by Crippen LogP contribution is -2.30. The number of halogens is 4. The van der Waals surface area contributed by atoms with Crippen LogP contribution in [0.4, 0.5) is 13.2 Å². The fourth-order valence-electron chi connectivity index (χ4n) is 3.50. The van der Waals surface area contributed by atoms with Crippen LogP contribution < -0.4 is 0 Å². The highest BCUT2D eigenvalue weighted by Crippen LogP contribution is 2.41. The number of aliphatic hydroxyl groups excluding tert-OH is 1. The van der Waals surface area contributed by atoms with Crippen LogP contribution >= 0.6 is 11.6 Å². The van der Waals surface area contributed by atoms with Crippen LogP contribution in [0.15, 0.2) is 36.4 Å². The molecule has 8 heteroatoms. The van der Waals surface area contributed by atoms with E-state index in [9.17, 15) is 28.3 Å². The van der Waals surface area contributed by atoms with Crippen LogP contribution in [0, 0.1) is 11.3 Å². The lowest BCUT2D eigenvalue weighted by Gasteiger charge is -2.22. The van der Waals surface area contributed by atoms with Gasteiger partial charge in [-0.15, -0.1) is 0 Å². The number of carbonyl (C=O) groups is 1. The van der Waals surface area contributed by atoms with Crippen molar-refractivity contribution in [3.05, 3.63) is 69.2 Å². The third-order valence-electron chi connectivity index (χ3n) is 4.99. The predicted molar refractivity (Wildman–Crippen MR) is 96.3 cm³/mol. The van der Waals surface area contributed by atoms with Crippen molar-refractivity contribution in [1.29, 1.82) is 5.26 Å². The molecule has 0 fully saturated rings.